The van der Waals surface area contributed by atoms with E-state index in [-0.39, 0.29) is 29.8 Å². The molecule has 1 atom stereocenters. The van der Waals surface area contributed by atoms with Crippen molar-refractivity contribution in [1.82, 2.24) is 4.90 Å². The van der Waals surface area contributed by atoms with Crippen LogP contribution in [0.25, 0.3) is 11.3 Å². The van der Waals surface area contributed by atoms with Crippen molar-refractivity contribution < 1.29 is 26.8 Å². The van der Waals surface area contributed by atoms with Gasteiger partial charge >= 0.3 is 0 Å². The number of halogens is 1. The summed E-state index contributed by atoms with van der Waals surface area (Å²) in [5.41, 5.74) is 1.12. The highest BCUT2D eigenvalue weighted by Crippen LogP contribution is 2.27. The second-order valence-corrected chi connectivity index (χ2v) is 9.72. The van der Waals surface area contributed by atoms with Gasteiger partial charge in [-0.15, -0.1) is 0 Å². The topological polar surface area (TPSA) is 76.8 Å². The van der Waals surface area contributed by atoms with Crippen molar-refractivity contribution in [3.8, 4) is 17.1 Å². The molecule has 31 heavy (non-hydrogen) atoms. The van der Waals surface area contributed by atoms with Crippen LogP contribution >= 0.6 is 0 Å². The zero-order valence-corrected chi connectivity index (χ0v) is 17.8. The molecule has 6 nitrogen and oxygen atoms in total. The number of hydrogen-bond acceptors (Lipinski definition) is 5. The first-order chi connectivity index (χ1) is 14.8. The minimum absolute atomic E-state index is 0.0541. The minimum atomic E-state index is -3.19. The van der Waals surface area contributed by atoms with Gasteiger partial charge in [0, 0.05) is 17.2 Å². The van der Waals surface area contributed by atoms with Crippen molar-refractivity contribution in [2.75, 3.05) is 18.6 Å². The molecule has 1 aliphatic rings. The fourth-order valence-electron chi connectivity index (χ4n) is 3.71. The molecule has 8 heteroatoms. The van der Waals surface area contributed by atoms with E-state index in [4.69, 9.17) is 9.15 Å². The number of benzene rings is 2. The zero-order valence-electron chi connectivity index (χ0n) is 17.0. The van der Waals surface area contributed by atoms with Gasteiger partial charge in [0.05, 0.1) is 25.2 Å². The highest BCUT2D eigenvalue weighted by molar-refractivity contribution is 7.91. The van der Waals surface area contributed by atoms with Crippen molar-refractivity contribution in [2.24, 2.45) is 0 Å². The van der Waals surface area contributed by atoms with E-state index in [2.05, 4.69) is 0 Å². The van der Waals surface area contributed by atoms with Crippen LogP contribution in [0, 0.1) is 5.82 Å². The second-order valence-electron chi connectivity index (χ2n) is 7.49. The molecule has 1 saturated heterocycles. The lowest BCUT2D eigenvalue weighted by molar-refractivity contribution is 0.0666. The van der Waals surface area contributed by atoms with Crippen molar-refractivity contribution in [3.63, 3.8) is 0 Å². The average Bonchev–Trinajstić information content (AvgIpc) is 3.38. The Bertz CT molecular complexity index is 1190. The third-order valence-electron chi connectivity index (χ3n) is 5.34. The number of sulfone groups is 1. The van der Waals surface area contributed by atoms with E-state index in [1.54, 1.807) is 53.4 Å². The lowest BCUT2D eigenvalue weighted by Crippen LogP contribution is -2.40. The lowest BCUT2D eigenvalue weighted by Gasteiger charge is -2.27. The van der Waals surface area contributed by atoms with Crippen LogP contribution in [0.1, 0.15) is 22.5 Å². The van der Waals surface area contributed by atoms with Gasteiger partial charge in [-0.05, 0) is 61.0 Å². The number of furan rings is 1. The Morgan fingerprint density at radius 3 is 2.61 bits per heavy atom. The molecule has 2 aromatic carbocycles. The number of carbonyl (C=O) groups excluding carboxylic acids is 1. The van der Waals surface area contributed by atoms with Crippen LogP contribution in [-0.4, -0.2) is 43.9 Å². The Morgan fingerprint density at radius 1 is 1.16 bits per heavy atom. The van der Waals surface area contributed by atoms with Gasteiger partial charge in [-0.2, -0.15) is 0 Å². The molecule has 0 radical (unpaired) electrons. The van der Waals surface area contributed by atoms with Gasteiger partial charge in [0.25, 0.3) is 5.91 Å². The molecular weight excluding hydrogens is 421 g/mol. The first-order valence-electron chi connectivity index (χ1n) is 9.85. The van der Waals surface area contributed by atoms with E-state index in [1.807, 2.05) is 0 Å². The molecule has 0 saturated carbocycles. The molecule has 1 aliphatic heterocycles. The van der Waals surface area contributed by atoms with E-state index in [0.29, 0.717) is 34.8 Å². The second kappa shape index (κ2) is 8.55. The maximum Gasteiger partial charge on any atom is 0.254 e. The highest BCUT2D eigenvalue weighted by atomic mass is 32.2. The van der Waals surface area contributed by atoms with Crippen LogP contribution in [0.4, 0.5) is 4.39 Å². The lowest BCUT2D eigenvalue weighted by atomic mass is 10.1. The fourth-order valence-corrected chi connectivity index (χ4v) is 5.44. The van der Waals surface area contributed by atoms with Gasteiger partial charge < -0.3 is 14.1 Å². The molecule has 0 N–H and O–H groups in total. The number of ether oxygens (including phenoxy) is 1. The van der Waals surface area contributed by atoms with Crippen LogP contribution in [0.2, 0.25) is 0 Å². The molecule has 0 unspecified atom stereocenters. The Morgan fingerprint density at radius 2 is 1.94 bits per heavy atom. The fraction of sp³-hybridized carbons (Fsp3) is 0.261. The van der Waals surface area contributed by atoms with Gasteiger partial charge in [-0.25, -0.2) is 12.8 Å². The number of rotatable bonds is 6. The van der Waals surface area contributed by atoms with Crippen molar-refractivity contribution in [2.45, 2.75) is 19.0 Å². The Balaban J connectivity index is 1.62. The number of nitrogens with zero attached hydrogens (tertiary/aromatic N) is 1. The molecule has 3 aromatic rings. The maximum absolute atomic E-state index is 13.3. The summed E-state index contributed by atoms with van der Waals surface area (Å²) in [7, 11) is -1.67. The first-order valence-corrected chi connectivity index (χ1v) is 11.7. The molecule has 0 bridgehead atoms. The minimum Gasteiger partial charge on any atom is -0.497 e. The summed E-state index contributed by atoms with van der Waals surface area (Å²) in [5.74, 6) is 0.949. The first kappa shape index (κ1) is 21.1. The van der Waals surface area contributed by atoms with Gasteiger partial charge in [0.2, 0.25) is 0 Å². The standard InChI is InChI=1S/C23H22FNO5S/c1-29-20-4-2-3-17(13-20)23(26)25(19-11-12-31(27,28)15-19)14-21-9-10-22(30-21)16-5-7-18(24)8-6-16/h2-10,13,19H,11-12,14-15H2,1H3/t19-/m0/s1. The van der Waals surface area contributed by atoms with Crippen LogP contribution in [0.5, 0.6) is 5.75 Å². The highest BCUT2D eigenvalue weighted by Gasteiger charge is 2.35. The quantitative estimate of drug-likeness (QED) is 0.577. The monoisotopic (exact) mass is 443 g/mol. The van der Waals surface area contributed by atoms with E-state index in [0.717, 1.165) is 0 Å². The van der Waals surface area contributed by atoms with Gasteiger partial charge in [0.1, 0.15) is 23.1 Å². The molecular formula is C23H22FNO5S. The number of methoxy groups -OCH3 is 1. The Hall–Kier alpha value is -3.13. The van der Waals surface area contributed by atoms with E-state index in [9.17, 15) is 17.6 Å². The zero-order chi connectivity index (χ0) is 22.0. The van der Waals surface area contributed by atoms with Crippen LogP contribution in [0.15, 0.2) is 65.1 Å². The SMILES string of the molecule is COc1cccc(C(=O)N(Cc2ccc(-c3ccc(F)cc3)o2)[C@H]2CCS(=O)(=O)C2)c1. The molecule has 4 rings (SSSR count). The van der Waals surface area contributed by atoms with Crippen molar-refractivity contribution >= 4 is 15.7 Å². The van der Waals surface area contributed by atoms with Crippen LogP contribution < -0.4 is 4.74 Å². The van der Waals surface area contributed by atoms with Crippen LogP contribution in [-0.2, 0) is 16.4 Å². The van der Waals surface area contributed by atoms with Crippen molar-refractivity contribution in [3.05, 3.63) is 77.8 Å². The Labute approximate surface area is 180 Å². The number of hydrogen-bond donors (Lipinski definition) is 0. The molecule has 162 valence electrons. The van der Waals surface area contributed by atoms with E-state index < -0.39 is 15.9 Å². The maximum atomic E-state index is 13.3. The number of amides is 1. The largest absolute Gasteiger partial charge is 0.497 e. The molecule has 2 heterocycles. The van der Waals surface area contributed by atoms with Gasteiger partial charge in [0.15, 0.2) is 9.84 Å². The number of carbonyl (C=O) groups is 1. The summed E-state index contributed by atoms with van der Waals surface area (Å²) in [6, 6.07) is 15.7. The average molecular weight is 443 g/mol. The molecule has 1 aromatic heterocycles. The summed E-state index contributed by atoms with van der Waals surface area (Å²) in [5, 5.41) is 0. The predicted molar refractivity (Wildman–Crippen MR) is 114 cm³/mol. The third-order valence-corrected chi connectivity index (χ3v) is 7.09. The summed E-state index contributed by atoms with van der Waals surface area (Å²) < 4.78 is 48.4. The van der Waals surface area contributed by atoms with E-state index >= 15 is 0 Å². The molecule has 0 spiro atoms. The predicted octanol–water partition coefficient (Wildman–Crippen LogP) is 3.92. The molecule has 1 fully saturated rings. The Kier molecular flexibility index (Phi) is 5.82. The van der Waals surface area contributed by atoms with Gasteiger partial charge in [-0.3, -0.25) is 4.79 Å². The molecule has 1 amide bonds. The van der Waals surface area contributed by atoms with Crippen molar-refractivity contribution in [1.29, 1.82) is 0 Å². The van der Waals surface area contributed by atoms with Gasteiger partial charge in [-0.1, -0.05) is 6.07 Å². The normalized spacial score (nSPS) is 17.4. The summed E-state index contributed by atoms with van der Waals surface area (Å²) >= 11 is 0. The summed E-state index contributed by atoms with van der Waals surface area (Å²) in [6.07, 6.45) is 0.379. The summed E-state index contributed by atoms with van der Waals surface area (Å²) in [4.78, 5) is 14.9. The van der Waals surface area contributed by atoms with Crippen LogP contribution in [0.3, 0.4) is 0 Å². The summed E-state index contributed by atoms with van der Waals surface area (Å²) in [6.45, 7) is 0.122. The smallest absolute Gasteiger partial charge is 0.254 e. The van der Waals surface area contributed by atoms with E-state index in [1.165, 1.54) is 19.2 Å². The molecule has 0 aliphatic carbocycles. The third kappa shape index (κ3) is 4.80.